The number of carbonyl (C=O) groups excluding carboxylic acids is 1. The number of ether oxygens (including phenoxy) is 1. The van der Waals surface area contributed by atoms with E-state index >= 15 is 0 Å². The van der Waals surface area contributed by atoms with Gasteiger partial charge in [-0.25, -0.2) is 15.0 Å². The Labute approximate surface area is 150 Å². The van der Waals surface area contributed by atoms with Crippen molar-refractivity contribution < 1.29 is 9.53 Å². The van der Waals surface area contributed by atoms with Crippen LogP contribution in [-0.2, 0) is 9.53 Å². The van der Waals surface area contributed by atoms with Crippen LogP contribution < -0.4 is 16.0 Å². The van der Waals surface area contributed by atoms with Crippen LogP contribution >= 0.6 is 11.6 Å². The molecule has 0 radical (unpaired) electrons. The lowest BCUT2D eigenvalue weighted by atomic mass is 9.97. The van der Waals surface area contributed by atoms with Gasteiger partial charge in [-0.3, -0.25) is 4.79 Å². The summed E-state index contributed by atoms with van der Waals surface area (Å²) in [4.78, 5) is 26.4. The summed E-state index contributed by atoms with van der Waals surface area (Å²) in [5.74, 6) is 1.49. The lowest BCUT2D eigenvalue weighted by Crippen LogP contribution is -2.37. The highest BCUT2D eigenvalue weighted by Gasteiger charge is 2.27. The van der Waals surface area contributed by atoms with Gasteiger partial charge < -0.3 is 20.7 Å². The number of nitrogen functional groups attached to an aromatic ring is 1. The number of nitrogens with one attached hydrogen (secondary N) is 1. The number of carbonyl (C=O) groups is 1. The number of aromatic nitrogens is 3. The topological polar surface area (TPSA) is 106 Å². The summed E-state index contributed by atoms with van der Waals surface area (Å²) in [5, 5.41) is 3.62. The smallest absolute Gasteiger partial charge is 0.308 e. The highest BCUT2D eigenvalue weighted by Crippen LogP contribution is 2.31. The molecule has 0 saturated carbocycles. The van der Waals surface area contributed by atoms with Gasteiger partial charge in [-0.05, 0) is 25.0 Å². The molecular formula is C16H19ClN6O2. The van der Waals surface area contributed by atoms with Crippen molar-refractivity contribution in [3.63, 3.8) is 0 Å². The van der Waals surface area contributed by atoms with Gasteiger partial charge in [-0.2, -0.15) is 0 Å². The SMILES string of the molecule is COC(=O)C1CCN(c2ncnc(Nc3ccc(Cl)cn3)c2N)CC1. The molecule has 0 amide bonds. The van der Waals surface area contributed by atoms with Gasteiger partial charge >= 0.3 is 5.97 Å². The molecule has 3 N–H and O–H groups in total. The molecule has 0 unspecified atom stereocenters. The third-order valence-electron chi connectivity index (χ3n) is 4.17. The summed E-state index contributed by atoms with van der Waals surface area (Å²) in [6, 6.07) is 3.47. The molecule has 1 saturated heterocycles. The van der Waals surface area contributed by atoms with E-state index < -0.39 is 0 Å². The maximum atomic E-state index is 11.6. The summed E-state index contributed by atoms with van der Waals surface area (Å²) in [6.07, 6.45) is 4.41. The first-order chi connectivity index (χ1) is 12.1. The molecule has 3 heterocycles. The molecule has 0 aliphatic carbocycles. The Morgan fingerprint density at radius 3 is 2.72 bits per heavy atom. The van der Waals surface area contributed by atoms with Crippen molar-refractivity contribution in [3.05, 3.63) is 29.7 Å². The van der Waals surface area contributed by atoms with E-state index in [1.165, 1.54) is 13.4 Å². The first-order valence-corrected chi connectivity index (χ1v) is 8.28. The third-order valence-corrected chi connectivity index (χ3v) is 4.39. The van der Waals surface area contributed by atoms with Gasteiger partial charge in [-0.1, -0.05) is 11.6 Å². The molecule has 0 atom stereocenters. The Morgan fingerprint density at radius 2 is 2.08 bits per heavy atom. The quantitative estimate of drug-likeness (QED) is 0.797. The van der Waals surface area contributed by atoms with Gasteiger partial charge in [0, 0.05) is 19.3 Å². The maximum Gasteiger partial charge on any atom is 0.308 e. The van der Waals surface area contributed by atoms with Crippen molar-refractivity contribution in [2.75, 3.05) is 36.1 Å². The summed E-state index contributed by atoms with van der Waals surface area (Å²) >= 11 is 5.84. The number of hydrogen-bond acceptors (Lipinski definition) is 8. The normalized spacial score (nSPS) is 15.0. The number of esters is 1. The van der Waals surface area contributed by atoms with Gasteiger partial charge in [-0.15, -0.1) is 0 Å². The molecule has 0 spiro atoms. The van der Waals surface area contributed by atoms with E-state index in [0.29, 0.717) is 54.1 Å². The fourth-order valence-corrected chi connectivity index (χ4v) is 2.91. The number of hydrogen-bond donors (Lipinski definition) is 2. The molecular weight excluding hydrogens is 344 g/mol. The molecule has 2 aromatic heterocycles. The number of piperidine rings is 1. The molecule has 1 aliphatic rings. The van der Waals surface area contributed by atoms with Crippen LogP contribution in [0.3, 0.4) is 0 Å². The fourth-order valence-electron chi connectivity index (χ4n) is 2.80. The molecule has 25 heavy (non-hydrogen) atoms. The van der Waals surface area contributed by atoms with Crippen molar-refractivity contribution in [3.8, 4) is 0 Å². The standard InChI is InChI=1S/C16H19ClN6O2/c1-25-16(24)10-4-6-23(7-5-10)15-13(18)14(20-9-21-15)22-12-3-2-11(17)8-19-12/h2-3,8-10H,4-7,18H2,1H3,(H,19,20,21,22). The molecule has 8 nitrogen and oxygen atoms in total. The molecule has 9 heteroatoms. The van der Waals surface area contributed by atoms with E-state index in [-0.39, 0.29) is 11.9 Å². The van der Waals surface area contributed by atoms with Crippen LogP contribution in [0.4, 0.5) is 23.1 Å². The molecule has 132 valence electrons. The summed E-state index contributed by atoms with van der Waals surface area (Å²) in [5.41, 5.74) is 6.68. The van der Waals surface area contributed by atoms with E-state index in [9.17, 15) is 4.79 Å². The average molecular weight is 363 g/mol. The molecule has 0 bridgehead atoms. The maximum absolute atomic E-state index is 11.6. The van der Waals surface area contributed by atoms with E-state index in [0.717, 1.165) is 0 Å². The molecule has 0 aromatic carbocycles. The summed E-state index contributed by atoms with van der Waals surface area (Å²) in [6.45, 7) is 1.36. The van der Waals surface area contributed by atoms with Crippen molar-refractivity contribution in [1.29, 1.82) is 0 Å². The van der Waals surface area contributed by atoms with E-state index in [4.69, 9.17) is 22.1 Å². The Morgan fingerprint density at radius 1 is 1.32 bits per heavy atom. The Kier molecular flexibility index (Phi) is 5.18. The lowest BCUT2D eigenvalue weighted by molar-refractivity contribution is -0.146. The monoisotopic (exact) mass is 362 g/mol. The van der Waals surface area contributed by atoms with Crippen molar-refractivity contribution in [2.45, 2.75) is 12.8 Å². The number of nitrogens with two attached hydrogens (primary N) is 1. The first-order valence-electron chi connectivity index (χ1n) is 7.90. The van der Waals surface area contributed by atoms with E-state index in [1.54, 1.807) is 18.3 Å². The largest absolute Gasteiger partial charge is 0.469 e. The van der Waals surface area contributed by atoms with Crippen molar-refractivity contribution in [2.24, 2.45) is 5.92 Å². The Bertz CT molecular complexity index is 747. The summed E-state index contributed by atoms with van der Waals surface area (Å²) in [7, 11) is 1.42. The van der Waals surface area contributed by atoms with Crippen molar-refractivity contribution >= 4 is 40.7 Å². The number of nitrogens with zero attached hydrogens (tertiary/aromatic N) is 4. The molecule has 1 aliphatic heterocycles. The van der Waals surface area contributed by atoms with Gasteiger partial charge in [0.2, 0.25) is 0 Å². The second-order valence-corrected chi connectivity index (χ2v) is 6.17. The molecule has 2 aromatic rings. The Hall–Kier alpha value is -2.61. The average Bonchev–Trinajstić information content (AvgIpc) is 2.65. The highest BCUT2D eigenvalue weighted by atomic mass is 35.5. The second kappa shape index (κ2) is 7.52. The van der Waals surface area contributed by atoms with Crippen LogP contribution in [0, 0.1) is 5.92 Å². The lowest BCUT2D eigenvalue weighted by Gasteiger charge is -2.32. The summed E-state index contributed by atoms with van der Waals surface area (Å²) < 4.78 is 4.81. The van der Waals surface area contributed by atoms with Gasteiger partial charge in [0.05, 0.1) is 18.1 Å². The predicted molar refractivity (Wildman–Crippen MR) is 95.9 cm³/mol. The van der Waals surface area contributed by atoms with Crippen LogP contribution in [0.2, 0.25) is 5.02 Å². The number of pyridine rings is 1. The minimum atomic E-state index is -0.161. The molecule has 1 fully saturated rings. The minimum Gasteiger partial charge on any atom is -0.469 e. The van der Waals surface area contributed by atoms with E-state index in [2.05, 4.69) is 25.2 Å². The minimum absolute atomic E-state index is 0.0693. The second-order valence-electron chi connectivity index (χ2n) is 5.73. The zero-order valence-corrected chi connectivity index (χ0v) is 14.5. The number of halogens is 1. The number of rotatable bonds is 4. The van der Waals surface area contributed by atoms with Crippen LogP contribution in [0.15, 0.2) is 24.7 Å². The van der Waals surface area contributed by atoms with Crippen molar-refractivity contribution in [1.82, 2.24) is 15.0 Å². The van der Waals surface area contributed by atoms with E-state index in [1.807, 2.05) is 0 Å². The zero-order valence-electron chi connectivity index (χ0n) is 13.8. The number of methoxy groups -OCH3 is 1. The van der Waals surface area contributed by atoms with Crippen LogP contribution in [0.1, 0.15) is 12.8 Å². The third kappa shape index (κ3) is 3.90. The first kappa shape index (κ1) is 17.2. The van der Waals surface area contributed by atoms with Gasteiger partial charge in [0.25, 0.3) is 0 Å². The van der Waals surface area contributed by atoms with Crippen LogP contribution in [0.5, 0.6) is 0 Å². The predicted octanol–water partition coefficient (Wildman–Crippen LogP) is 2.24. The highest BCUT2D eigenvalue weighted by molar-refractivity contribution is 6.30. The van der Waals surface area contributed by atoms with Gasteiger partial charge in [0.1, 0.15) is 17.8 Å². The molecule has 3 rings (SSSR count). The van der Waals surface area contributed by atoms with Crippen LogP contribution in [0.25, 0.3) is 0 Å². The van der Waals surface area contributed by atoms with Gasteiger partial charge in [0.15, 0.2) is 11.6 Å². The fraction of sp³-hybridized carbons (Fsp3) is 0.375. The van der Waals surface area contributed by atoms with Crippen LogP contribution in [-0.4, -0.2) is 41.1 Å². The Balaban J connectivity index is 1.73. The zero-order chi connectivity index (χ0) is 17.8. The number of anilines is 4.